The number of halogens is 1. The summed E-state index contributed by atoms with van der Waals surface area (Å²) >= 11 is 6.20. The van der Waals surface area contributed by atoms with Crippen molar-refractivity contribution in [2.45, 2.75) is 18.9 Å². The van der Waals surface area contributed by atoms with Gasteiger partial charge in [0.1, 0.15) is 16.9 Å². The summed E-state index contributed by atoms with van der Waals surface area (Å²) in [5.41, 5.74) is 1.31. The molecule has 1 amide bonds. The molecule has 4 rings (SSSR count). The fourth-order valence-corrected chi connectivity index (χ4v) is 3.29. The van der Waals surface area contributed by atoms with Crippen molar-refractivity contribution >= 4 is 34.2 Å². The van der Waals surface area contributed by atoms with E-state index in [1.807, 2.05) is 0 Å². The minimum atomic E-state index is -0.306. The number of hydrogen-bond acceptors (Lipinski definition) is 5. The van der Waals surface area contributed by atoms with Gasteiger partial charge in [-0.1, -0.05) is 23.7 Å². The van der Waals surface area contributed by atoms with E-state index < -0.39 is 0 Å². The summed E-state index contributed by atoms with van der Waals surface area (Å²) in [6.45, 7) is 1.15. The topological polar surface area (TPSA) is 84.1 Å². The van der Waals surface area contributed by atoms with Crippen LogP contribution in [0.2, 0.25) is 5.02 Å². The highest BCUT2D eigenvalue weighted by Crippen LogP contribution is 2.24. The predicted molar refractivity (Wildman–Crippen MR) is 106 cm³/mol. The molecule has 1 fully saturated rings. The lowest BCUT2D eigenvalue weighted by molar-refractivity contribution is 0.0854. The zero-order valence-corrected chi connectivity index (χ0v) is 15.8. The first kappa shape index (κ1) is 18.5. The van der Waals surface area contributed by atoms with E-state index >= 15 is 0 Å². The van der Waals surface area contributed by atoms with Crippen molar-refractivity contribution < 1.29 is 19.1 Å². The molecule has 2 N–H and O–H groups in total. The van der Waals surface area contributed by atoms with Gasteiger partial charge in [0.15, 0.2) is 0 Å². The number of phenolic OH excluding ortho intramolecular Hbond substituents is 1. The Bertz CT molecular complexity index is 1090. The van der Waals surface area contributed by atoms with Gasteiger partial charge >= 0.3 is 0 Å². The first-order valence-corrected chi connectivity index (χ1v) is 9.44. The second kappa shape index (κ2) is 8.04. The molecule has 0 aliphatic carbocycles. The Hall–Kier alpha value is -2.83. The Labute approximate surface area is 166 Å². The van der Waals surface area contributed by atoms with Crippen LogP contribution in [-0.4, -0.2) is 30.3 Å². The Morgan fingerprint density at radius 2 is 2.11 bits per heavy atom. The van der Waals surface area contributed by atoms with Gasteiger partial charge in [-0.15, -0.1) is 0 Å². The normalized spacial score (nSPS) is 17.2. The third kappa shape index (κ3) is 4.03. The van der Waals surface area contributed by atoms with Crippen molar-refractivity contribution in [3.8, 4) is 5.75 Å². The number of carbonyl (C=O) groups is 1. The number of nitrogens with zero attached hydrogens (tertiary/aromatic N) is 1. The van der Waals surface area contributed by atoms with Crippen LogP contribution in [-0.2, 0) is 4.74 Å². The van der Waals surface area contributed by atoms with E-state index in [-0.39, 0.29) is 28.9 Å². The van der Waals surface area contributed by atoms with Crippen LogP contribution in [0.25, 0.3) is 11.0 Å². The number of carbonyl (C=O) groups excluding carboxylic acids is 1. The molecule has 1 saturated heterocycles. The van der Waals surface area contributed by atoms with E-state index in [9.17, 15) is 9.90 Å². The summed E-state index contributed by atoms with van der Waals surface area (Å²) in [6.07, 6.45) is 1.96. The number of rotatable bonds is 4. The van der Waals surface area contributed by atoms with Crippen LogP contribution in [0, 0.1) is 0 Å². The van der Waals surface area contributed by atoms with Gasteiger partial charge in [-0.05, 0) is 43.2 Å². The number of aromatic hydroxyl groups is 1. The molecule has 1 aromatic heterocycles. The van der Waals surface area contributed by atoms with Gasteiger partial charge < -0.3 is 19.6 Å². The molecule has 1 aliphatic rings. The van der Waals surface area contributed by atoms with Crippen molar-refractivity contribution in [3.05, 3.63) is 64.7 Å². The minimum Gasteiger partial charge on any atom is -0.508 e. The first-order chi connectivity index (χ1) is 13.6. The summed E-state index contributed by atoms with van der Waals surface area (Å²) in [6, 6.07) is 13.4. The Balaban J connectivity index is 1.77. The Morgan fingerprint density at radius 3 is 2.89 bits per heavy atom. The molecule has 2 aromatic carbocycles. The van der Waals surface area contributed by atoms with E-state index in [0.29, 0.717) is 28.2 Å². The van der Waals surface area contributed by atoms with E-state index in [1.54, 1.807) is 36.4 Å². The Morgan fingerprint density at radius 1 is 1.25 bits per heavy atom. The van der Waals surface area contributed by atoms with Crippen LogP contribution >= 0.6 is 11.6 Å². The zero-order valence-electron chi connectivity index (χ0n) is 15.0. The maximum absolute atomic E-state index is 12.8. The summed E-state index contributed by atoms with van der Waals surface area (Å²) in [5.74, 6) is -0.240. The highest BCUT2D eigenvalue weighted by Gasteiger charge is 2.18. The average molecular weight is 399 g/mol. The van der Waals surface area contributed by atoms with Gasteiger partial charge in [0.2, 0.25) is 5.55 Å². The monoisotopic (exact) mass is 398 g/mol. The van der Waals surface area contributed by atoms with E-state index in [2.05, 4.69) is 10.3 Å². The SMILES string of the molecule is O=C(NCC1CCCO1)c1cc2ccc(O)cc2oc1=Nc1ccccc1Cl. The van der Waals surface area contributed by atoms with Gasteiger partial charge in [0.25, 0.3) is 5.91 Å². The van der Waals surface area contributed by atoms with Gasteiger partial charge in [-0.25, -0.2) is 4.99 Å². The number of para-hydroxylation sites is 1. The number of phenols is 1. The largest absolute Gasteiger partial charge is 0.508 e. The Kier molecular flexibility index (Phi) is 5.32. The minimum absolute atomic E-state index is 0.0299. The lowest BCUT2D eigenvalue weighted by Crippen LogP contribution is -2.34. The third-order valence-corrected chi connectivity index (χ3v) is 4.89. The standard InChI is InChI=1S/C21H19ClN2O4/c22-17-5-1-2-6-18(17)24-21-16(20(26)23-12-15-4-3-9-27-15)10-13-7-8-14(25)11-19(13)28-21/h1-2,5-8,10-11,15,25H,3-4,9,12H2,(H,23,26). The number of hydrogen-bond donors (Lipinski definition) is 2. The fraction of sp³-hybridized carbons (Fsp3) is 0.238. The molecule has 3 aromatic rings. The highest BCUT2D eigenvalue weighted by atomic mass is 35.5. The smallest absolute Gasteiger partial charge is 0.256 e. The second-order valence-electron chi connectivity index (χ2n) is 6.60. The van der Waals surface area contributed by atoms with E-state index in [1.165, 1.54) is 12.1 Å². The van der Waals surface area contributed by atoms with Crippen LogP contribution in [0.4, 0.5) is 5.69 Å². The summed E-state index contributed by atoms with van der Waals surface area (Å²) in [5, 5.41) is 13.7. The van der Waals surface area contributed by atoms with Crippen LogP contribution < -0.4 is 10.9 Å². The molecule has 144 valence electrons. The predicted octanol–water partition coefficient (Wildman–Crippen LogP) is 3.93. The third-order valence-electron chi connectivity index (χ3n) is 4.57. The molecule has 0 bridgehead atoms. The highest BCUT2D eigenvalue weighted by molar-refractivity contribution is 6.32. The van der Waals surface area contributed by atoms with Crippen molar-refractivity contribution in [2.24, 2.45) is 4.99 Å². The number of fused-ring (bicyclic) bond motifs is 1. The molecule has 1 unspecified atom stereocenters. The van der Waals surface area contributed by atoms with Crippen molar-refractivity contribution in [2.75, 3.05) is 13.2 Å². The van der Waals surface area contributed by atoms with Gasteiger partial charge in [0, 0.05) is 24.6 Å². The van der Waals surface area contributed by atoms with Gasteiger partial charge in [-0.2, -0.15) is 0 Å². The molecule has 1 aliphatic heterocycles. The van der Waals surface area contributed by atoms with Gasteiger partial charge in [-0.3, -0.25) is 4.79 Å². The van der Waals surface area contributed by atoms with Crippen LogP contribution in [0.1, 0.15) is 23.2 Å². The van der Waals surface area contributed by atoms with Crippen molar-refractivity contribution in [1.29, 1.82) is 0 Å². The van der Waals surface area contributed by atoms with Crippen LogP contribution in [0.15, 0.2) is 57.9 Å². The van der Waals surface area contributed by atoms with E-state index in [4.69, 9.17) is 20.8 Å². The van der Waals surface area contributed by atoms with Crippen LogP contribution in [0.5, 0.6) is 5.75 Å². The molecule has 7 heteroatoms. The van der Waals surface area contributed by atoms with Crippen molar-refractivity contribution in [1.82, 2.24) is 5.32 Å². The zero-order chi connectivity index (χ0) is 19.5. The second-order valence-corrected chi connectivity index (χ2v) is 7.00. The molecular weight excluding hydrogens is 380 g/mol. The quantitative estimate of drug-likeness (QED) is 0.697. The molecular formula is C21H19ClN2O4. The molecule has 0 spiro atoms. The summed E-state index contributed by atoms with van der Waals surface area (Å²) < 4.78 is 11.4. The molecule has 1 atom stereocenters. The number of amides is 1. The first-order valence-electron chi connectivity index (χ1n) is 9.06. The lowest BCUT2D eigenvalue weighted by Gasteiger charge is -2.11. The molecule has 0 radical (unpaired) electrons. The number of nitrogens with one attached hydrogen (secondary N) is 1. The summed E-state index contributed by atoms with van der Waals surface area (Å²) in [7, 11) is 0. The fourth-order valence-electron chi connectivity index (χ4n) is 3.11. The maximum atomic E-state index is 12.8. The van der Waals surface area contributed by atoms with E-state index in [0.717, 1.165) is 19.4 Å². The molecule has 6 nitrogen and oxygen atoms in total. The van der Waals surface area contributed by atoms with Crippen LogP contribution in [0.3, 0.4) is 0 Å². The average Bonchev–Trinajstić information content (AvgIpc) is 3.21. The lowest BCUT2D eigenvalue weighted by atomic mass is 10.1. The molecule has 0 saturated carbocycles. The number of benzene rings is 2. The van der Waals surface area contributed by atoms with Gasteiger partial charge in [0.05, 0.1) is 16.8 Å². The molecule has 28 heavy (non-hydrogen) atoms. The molecule has 2 heterocycles. The van der Waals surface area contributed by atoms with Crippen molar-refractivity contribution in [3.63, 3.8) is 0 Å². The summed E-state index contributed by atoms with van der Waals surface area (Å²) in [4.78, 5) is 17.3. The number of ether oxygens (including phenoxy) is 1. The maximum Gasteiger partial charge on any atom is 0.256 e.